The zero-order valence-corrected chi connectivity index (χ0v) is 8.74. The quantitative estimate of drug-likeness (QED) is 0.617. The highest BCUT2D eigenvalue weighted by molar-refractivity contribution is 5.96. The fourth-order valence-corrected chi connectivity index (χ4v) is 1.20. The Labute approximate surface area is 83.2 Å². The van der Waals surface area contributed by atoms with Crippen molar-refractivity contribution >= 4 is 12.0 Å². The van der Waals surface area contributed by atoms with Gasteiger partial charge in [0.05, 0.1) is 6.04 Å². The van der Waals surface area contributed by atoms with Gasteiger partial charge in [-0.25, -0.2) is 9.69 Å². The number of carbonyl (C=O) groups is 2. The molecule has 0 aliphatic carbocycles. The third-order valence-corrected chi connectivity index (χ3v) is 1.86. The van der Waals surface area contributed by atoms with E-state index in [1.54, 1.807) is 20.8 Å². The van der Waals surface area contributed by atoms with Crippen LogP contribution in [0.4, 0.5) is 4.79 Å². The van der Waals surface area contributed by atoms with Crippen LogP contribution < -0.4 is 5.73 Å². The van der Waals surface area contributed by atoms with E-state index in [4.69, 9.17) is 10.5 Å². The molecule has 2 N–H and O–H groups in total. The van der Waals surface area contributed by atoms with E-state index in [-0.39, 0.29) is 5.91 Å². The summed E-state index contributed by atoms with van der Waals surface area (Å²) in [5, 5.41) is 0. The molecule has 1 fully saturated rings. The number of ether oxygens (including phenoxy) is 1. The molecule has 0 radical (unpaired) electrons. The Morgan fingerprint density at radius 2 is 2.14 bits per heavy atom. The van der Waals surface area contributed by atoms with Gasteiger partial charge in [-0.3, -0.25) is 4.79 Å². The van der Waals surface area contributed by atoms with Crippen LogP contribution in [0.1, 0.15) is 27.2 Å². The van der Waals surface area contributed by atoms with Gasteiger partial charge in [0.25, 0.3) is 0 Å². The fraction of sp³-hybridized carbons (Fsp3) is 0.778. The van der Waals surface area contributed by atoms with Gasteiger partial charge in [-0.1, -0.05) is 0 Å². The second kappa shape index (κ2) is 3.57. The minimum Gasteiger partial charge on any atom is -0.443 e. The number of carbonyl (C=O) groups excluding carboxylic acids is 2. The lowest BCUT2D eigenvalue weighted by atomic mass is 10.2. The third-order valence-electron chi connectivity index (χ3n) is 1.86. The van der Waals surface area contributed by atoms with Gasteiger partial charge < -0.3 is 10.5 Å². The summed E-state index contributed by atoms with van der Waals surface area (Å²) >= 11 is 0. The molecule has 0 aromatic heterocycles. The number of nitrogens with two attached hydrogens (primary N) is 1. The minimum absolute atomic E-state index is 0.348. The third kappa shape index (κ3) is 2.45. The summed E-state index contributed by atoms with van der Waals surface area (Å²) in [5.74, 6) is -0.348. The maximum absolute atomic E-state index is 11.4. The Morgan fingerprint density at radius 3 is 2.50 bits per heavy atom. The molecule has 5 heteroatoms. The average molecular weight is 200 g/mol. The summed E-state index contributed by atoms with van der Waals surface area (Å²) in [6.45, 7) is 5.62. The van der Waals surface area contributed by atoms with E-state index in [0.29, 0.717) is 13.0 Å². The van der Waals surface area contributed by atoms with Crippen LogP contribution in [0, 0.1) is 0 Å². The van der Waals surface area contributed by atoms with Crippen LogP contribution in [0.2, 0.25) is 0 Å². The van der Waals surface area contributed by atoms with Crippen molar-refractivity contribution in [2.24, 2.45) is 5.73 Å². The highest BCUT2D eigenvalue weighted by Gasteiger charge is 2.35. The van der Waals surface area contributed by atoms with Gasteiger partial charge in [0.15, 0.2) is 0 Å². The molecule has 0 aromatic rings. The Kier molecular flexibility index (Phi) is 2.80. The fourth-order valence-electron chi connectivity index (χ4n) is 1.20. The second-order valence-corrected chi connectivity index (χ2v) is 4.37. The topological polar surface area (TPSA) is 72.6 Å². The van der Waals surface area contributed by atoms with Crippen molar-refractivity contribution in [3.05, 3.63) is 0 Å². The normalized spacial score (nSPS) is 22.7. The highest BCUT2D eigenvalue weighted by atomic mass is 16.6. The highest BCUT2D eigenvalue weighted by Crippen LogP contribution is 2.15. The summed E-state index contributed by atoms with van der Waals surface area (Å²) in [5.41, 5.74) is 4.89. The lowest BCUT2D eigenvalue weighted by molar-refractivity contribution is -0.128. The van der Waals surface area contributed by atoms with Crippen LogP contribution in [-0.4, -0.2) is 35.1 Å². The molecular weight excluding hydrogens is 184 g/mol. The summed E-state index contributed by atoms with van der Waals surface area (Å²) in [7, 11) is 0. The standard InChI is InChI=1S/C9H16N2O3/c1-9(2,3)14-8(13)11-5-4-6(10)7(11)12/h6H,4-5,10H2,1-3H3/t6-/m1/s1. The maximum Gasteiger partial charge on any atom is 0.417 e. The van der Waals surface area contributed by atoms with Gasteiger partial charge in [0.2, 0.25) is 5.91 Å². The number of nitrogens with zero attached hydrogens (tertiary/aromatic N) is 1. The van der Waals surface area contributed by atoms with Gasteiger partial charge >= 0.3 is 6.09 Å². The summed E-state index contributed by atoms with van der Waals surface area (Å²) in [6, 6.07) is -0.553. The van der Waals surface area contributed by atoms with Crippen molar-refractivity contribution in [2.75, 3.05) is 6.54 Å². The first kappa shape index (κ1) is 11.0. The van der Waals surface area contributed by atoms with Crippen molar-refractivity contribution in [1.82, 2.24) is 4.90 Å². The SMILES string of the molecule is CC(C)(C)OC(=O)N1CC[C@@H](N)C1=O. The van der Waals surface area contributed by atoms with Crippen molar-refractivity contribution in [3.63, 3.8) is 0 Å². The second-order valence-electron chi connectivity index (χ2n) is 4.37. The van der Waals surface area contributed by atoms with E-state index >= 15 is 0 Å². The average Bonchev–Trinajstić information content (AvgIpc) is 2.29. The molecule has 0 unspecified atom stereocenters. The van der Waals surface area contributed by atoms with Gasteiger partial charge in [0.1, 0.15) is 5.60 Å². The largest absolute Gasteiger partial charge is 0.443 e. The smallest absolute Gasteiger partial charge is 0.417 e. The van der Waals surface area contributed by atoms with Crippen LogP contribution in [-0.2, 0) is 9.53 Å². The van der Waals surface area contributed by atoms with E-state index < -0.39 is 17.7 Å². The Morgan fingerprint density at radius 1 is 1.57 bits per heavy atom. The Bertz CT molecular complexity index is 257. The van der Waals surface area contributed by atoms with E-state index in [1.807, 2.05) is 0 Å². The van der Waals surface area contributed by atoms with Gasteiger partial charge in [-0.2, -0.15) is 0 Å². The number of rotatable bonds is 0. The molecule has 1 aliphatic heterocycles. The molecule has 1 saturated heterocycles. The molecule has 2 amide bonds. The van der Waals surface area contributed by atoms with Crippen LogP contribution in [0.25, 0.3) is 0 Å². The van der Waals surface area contributed by atoms with Crippen LogP contribution in [0.5, 0.6) is 0 Å². The molecular formula is C9H16N2O3. The van der Waals surface area contributed by atoms with E-state index in [1.165, 1.54) is 0 Å². The van der Waals surface area contributed by atoms with E-state index in [0.717, 1.165) is 4.90 Å². The first-order valence-electron chi connectivity index (χ1n) is 4.61. The lowest BCUT2D eigenvalue weighted by Crippen LogP contribution is -2.41. The molecule has 5 nitrogen and oxygen atoms in total. The zero-order chi connectivity index (χ0) is 10.9. The van der Waals surface area contributed by atoms with Crippen molar-refractivity contribution < 1.29 is 14.3 Å². The van der Waals surface area contributed by atoms with Crippen LogP contribution in [0.3, 0.4) is 0 Å². The molecule has 0 bridgehead atoms. The number of imide groups is 1. The molecule has 0 spiro atoms. The van der Waals surface area contributed by atoms with Crippen LogP contribution in [0.15, 0.2) is 0 Å². The van der Waals surface area contributed by atoms with Crippen molar-refractivity contribution in [2.45, 2.75) is 38.8 Å². The van der Waals surface area contributed by atoms with Gasteiger partial charge in [-0.05, 0) is 27.2 Å². The monoisotopic (exact) mass is 200 g/mol. The zero-order valence-electron chi connectivity index (χ0n) is 8.74. The lowest BCUT2D eigenvalue weighted by Gasteiger charge is -2.23. The number of likely N-dealkylation sites (tertiary alicyclic amines) is 1. The van der Waals surface area contributed by atoms with Crippen molar-refractivity contribution in [1.29, 1.82) is 0 Å². The molecule has 0 saturated carbocycles. The summed E-state index contributed by atoms with van der Waals surface area (Å²) in [4.78, 5) is 23.8. The Hall–Kier alpha value is -1.10. The molecule has 80 valence electrons. The predicted molar refractivity (Wildman–Crippen MR) is 50.5 cm³/mol. The molecule has 0 aromatic carbocycles. The first-order valence-corrected chi connectivity index (χ1v) is 4.61. The van der Waals surface area contributed by atoms with E-state index in [9.17, 15) is 9.59 Å². The molecule has 14 heavy (non-hydrogen) atoms. The minimum atomic E-state index is -0.601. The van der Waals surface area contributed by atoms with Gasteiger partial charge in [-0.15, -0.1) is 0 Å². The molecule has 1 heterocycles. The number of hydrogen-bond donors (Lipinski definition) is 1. The molecule has 1 atom stereocenters. The summed E-state index contributed by atoms with van der Waals surface area (Å²) < 4.78 is 5.05. The predicted octanol–water partition coefficient (Wildman–Crippen LogP) is 0.481. The van der Waals surface area contributed by atoms with Crippen molar-refractivity contribution in [3.8, 4) is 0 Å². The number of amides is 2. The summed E-state index contributed by atoms with van der Waals surface area (Å²) in [6.07, 6.45) is -0.0895. The Balaban J connectivity index is 2.59. The van der Waals surface area contributed by atoms with E-state index in [2.05, 4.69) is 0 Å². The van der Waals surface area contributed by atoms with Crippen LogP contribution >= 0.6 is 0 Å². The number of hydrogen-bond acceptors (Lipinski definition) is 4. The first-order chi connectivity index (χ1) is 6.31. The molecule has 1 rings (SSSR count). The van der Waals surface area contributed by atoms with Gasteiger partial charge in [0, 0.05) is 6.54 Å². The maximum atomic E-state index is 11.4. The molecule has 1 aliphatic rings.